The minimum atomic E-state index is -3.67. The highest BCUT2D eigenvalue weighted by Gasteiger charge is 2.28. The number of aryl methyl sites for hydroxylation is 1. The largest absolute Gasteiger partial charge is 0.322 e. The second kappa shape index (κ2) is 10.4. The van der Waals surface area contributed by atoms with Crippen molar-refractivity contribution in [2.75, 3.05) is 23.7 Å². The summed E-state index contributed by atoms with van der Waals surface area (Å²) in [4.78, 5) is 25.8. The van der Waals surface area contributed by atoms with Crippen molar-refractivity contribution in [2.24, 2.45) is 0 Å². The van der Waals surface area contributed by atoms with Crippen LogP contribution in [0.4, 0.5) is 11.4 Å². The molecule has 0 unspecified atom stereocenters. The van der Waals surface area contributed by atoms with Gasteiger partial charge in [0.2, 0.25) is 10.0 Å². The molecule has 0 spiro atoms. The van der Waals surface area contributed by atoms with Gasteiger partial charge >= 0.3 is 0 Å². The Balaban J connectivity index is 1.55. The summed E-state index contributed by atoms with van der Waals surface area (Å²) in [6.45, 7) is 4.54. The molecule has 1 fully saturated rings. The van der Waals surface area contributed by atoms with Gasteiger partial charge in [-0.25, -0.2) is 8.42 Å². The van der Waals surface area contributed by atoms with E-state index in [1.165, 1.54) is 10.4 Å². The molecule has 182 valence electrons. The monoisotopic (exact) mass is 491 g/mol. The molecule has 0 radical (unpaired) electrons. The van der Waals surface area contributed by atoms with Crippen LogP contribution in [-0.4, -0.2) is 37.6 Å². The zero-order valence-electron chi connectivity index (χ0n) is 19.9. The minimum absolute atomic E-state index is 0.160. The van der Waals surface area contributed by atoms with Crippen molar-refractivity contribution in [3.63, 3.8) is 0 Å². The van der Waals surface area contributed by atoms with Crippen LogP contribution in [0, 0.1) is 13.8 Å². The number of hydrogen-bond donors (Lipinski definition) is 2. The highest BCUT2D eigenvalue weighted by Crippen LogP contribution is 2.27. The Kier molecular flexibility index (Phi) is 7.33. The maximum Gasteiger partial charge on any atom is 0.255 e. The molecule has 7 nitrogen and oxygen atoms in total. The average Bonchev–Trinajstić information content (AvgIpc) is 2.87. The summed E-state index contributed by atoms with van der Waals surface area (Å²) in [5.74, 6) is -0.669. The SMILES string of the molecule is Cc1ccc(C(=O)Nc2cccc(NC(=O)c3ccccc3)c2C)cc1S(=O)(=O)N1CCCCC1. The molecular weight excluding hydrogens is 462 g/mol. The Labute approximate surface area is 206 Å². The van der Waals surface area contributed by atoms with Crippen LogP contribution < -0.4 is 10.6 Å². The van der Waals surface area contributed by atoms with E-state index >= 15 is 0 Å². The molecule has 1 heterocycles. The van der Waals surface area contributed by atoms with Gasteiger partial charge in [-0.1, -0.05) is 36.8 Å². The molecule has 0 atom stereocenters. The molecule has 0 aliphatic carbocycles. The van der Waals surface area contributed by atoms with E-state index in [2.05, 4.69) is 10.6 Å². The van der Waals surface area contributed by atoms with Gasteiger partial charge in [-0.2, -0.15) is 4.31 Å². The van der Waals surface area contributed by atoms with Crippen LogP contribution in [0.1, 0.15) is 51.1 Å². The molecule has 4 rings (SSSR count). The summed E-state index contributed by atoms with van der Waals surface area (Å²) in [5, 5.41) is 5.74. The fraction of sp³-hybridized carbons (Fsp3) is 0.259. The first-order valence-electron chi connectivity index (χ1n) is 11.7. The van der Waals surface area contributed by atoms with Gasteiger partial charge in [0.25, 0.3) is 11.8 Å². The van der Waals surface area contributed by atoms with Gasteiger partial charge in [0.15, 0.2) is 0 Å². The molecule has 0 bridgehead atoms. The van der Waals surface area contributed by atoms with Crippen LogP contribution in [0.25, 0.3) is 0 Å². The quantitative estimate of drug-likeness (QED) is 0.508. The second-order valence-corrected chi connectivity index (χ2v) is 10.6. The molecule has 3 aromatic rings. The molecule has 0 aromatic heterocycles. The summed E-state index contributed by atoms with van der Waals surface area (Å²) < 4.78 is 27.9. The number of hydrogen-bond acceptors (Lipinski definition) is 4. The number of nitrogens with zero attached hydrogens (tertiary/aromatic N) is 1. The van der Waals surface area contributed by atoms with E-state index < -0.39 is 15.9 Å². The topological polar surface area (TPSA) is 95.6 Å². The Morgan fingerprint density at radius 1 is 0.743 bits per heavy atom. The lowest BCUT2D eigenvalue weighted by atomic mass is 10.1. The molecule has 1 aliphatic rings. The molecule has 35 heavy (non-hydrogen) atoms. The highest BCUT2D eigenvalue weighted by molar-refractivity contribution is 7.89. The number of anilines is 2. The lowest BCUT2D eigenvalue weighted by Crippen LogP contribution is -2.36. The van der Waals surface area contributed by atoms with Crippen LogP contribution >= 0.6 is 0 Å². The van der Waals surface area contributed by atoms with Crippen molar-refractivity contribution in [1.29, 1.82) is 0 Å². The number of piperidine rings is 1. The van der Waals surface area contributed by atoms with Gasteiger partial charge in [0.1, 0.15) is 0 Å². The van der Waals surface area contributed by atoms with Crippen LogP contribution in [-0.2, 0) is 10.0 Å². The van der Waals surface area contributed by atoms with Crippen LogP contribution in [0.15, 0.2) is 71.6 Å². The van der Waals surface area contributed by atoms with Gasteiger partial charge in [0, 0.05) is 35.6 Å². The Hall–Kier alpha value is -3.49. The summed E-state index contributed by atoms with van der Waals surface area (Å²) in [6, 6.07) is 18.9. The van der Waals surface area contributed by atoms with E-state index in [0.717, 1.165) is 19.3 Å². The number of carbonyl (C=O) groups is 2. The van der Waals surface area contributed by atoms with E-state index in [0.29, 0.717) is 41.2 Å². The number of benzene rings is 3. The second-order valence-electron chi connectivity index (χ2n) is 8.70. The Morgan fingerprint density at radius 2 is 1.34 bits per heavy atom. The van der Waals surface area contributed by atoms with Crippen LogP contribution in [0.5, 0.6) is 0 Å². The predicted molar refractivity (Wildman–Crippen MR) is 137 cm³/mol. The maximum absolute atomic E-state index is 13.2. The zero-order valence-corrected chi connectivity index (χ0v) is 20.7. The van der Waals surface area contributed by atoms with E-state index in [-0.39, 0.29) is 16.4 Å². The van der Waals surface area contributed by atoms with Gasteiger partial charge in [-0.3, -0.25) is 9.59 Å². The normalized spacial score (nSPS) is 14.3. The van der Waals surface area contributed by atoms with Crippen LogP contribution in [0.3, 0.4) is 0 Å². The molecule has 1 saturated heterocycles. The lowest BCUT2D eigenvalue weighted by Gasteiger charge is -2.26. The molecule has 1 aliphatic heterocycles. The number of carbonyl (C=O) groups excluding carboxylic acids is 2. The fourth-order valence-corrected chi connectivity index (χ4v) is 5.92. The van der Waals surface area contributed by atoms with Gasteiger partial charge in [0.05, 0.1) is 4.90 Å². The van der Waals surface area contributed by atoms with Gasteiger partial charge < -0.3 is 10.6 Å². The molecular formula is C27H29N3O4S. The van der Waals surface area contributed by atoms with E-state index in [1.54, 1.807) is 68.4 Å². The first-order chi connectivity index (χ1) is 16.8. The summed E-state index contributed by atoms with van der Waals surface area (Å²) in [7, 11) is -3.67. The number of amides is 2. The third-order valence-electron chi connectivity index (χ3n) is 6.25. The molecule has 8 heteroatoms. The van der Waals surface area contributed by atoms with Crippen molar-refractivity contribution in [2.45, 2.75) is 38.0 Å². The summed E-state index contributed by atoms with van der Waals surface area (Å²) >= 11 is 0. The minimum Gasteiger partial charge on any atom is -0.322 e. The third-order valence-corrected chi connectivity index (χ3v) is 8.29. The highest BCUT2D eigenvalue weighted by atomic mass is 32.2. The fourth-order valence-electron chi connectivity index (χ4n) is 4.15. The van der Waals surface area contributed by atoms with E-state index in [4.69, 9.17) is 0 Å². The first kappa shape index (κ1) is 24.6. The van der Waals surface area contributed by atoms with Crippen molar-refractivity contribution in [1.82, 2.24) is 4.31 Å². The molecule has 3 aromatic carbocycles. The first-order valence-corrected chi connectivity index (χ1v) is 13.1. The molecule has 2 N–H and O–H groups in total. The van der Waals surface area contributed by atoms with Crippen molar-refractivity contribution in [3.8, 4) is 0 Å². The maximum atomic E-state index is 13.2. The zero-order chi connectivity index (χ0) is 25.0. The standard InChI is InChI=1S/C27H29N3O4S/c1-19-14-15-22(18-25(19)35(33,34)30-16-7-4-8-17-30)27(32)29-24-13-9-12-23(20(24)2)28-26(31)21-10-5-3-6-11-21/h3,5-6,9-15,18H,4,7-8,16-17H2,1-2H3,(H,28,31)(H,29,32). The lowest BCUT2D eigenvalue weighted by molar-refractivity contribution is 0.101. The Bertz CT molecular complexity index is 1350. The van der Waals surface area contributed by atoms with Gasteiger partial charge in [-0.05, 0) is 74.2 Å². The van der Waals surface area contributed by atoms with Crippen molar-refractivity contribution < 1.29 is 18.0 Å². The number of sulfonamides is 1. The van der Waals surface area contributed by atoms with Crippen molar-refractivity contribution >= 4 is 33.2 Å². The summed E-state index contributed by atoms with van der Waals surface area (Å²) in [6.07, 6.45) is 2.71. The van der Waals surface area contributed by atoms with E-state index in [1.807, 2.05) is 6.07 Å². The van der Waals surface area contributed by atoms with Crippen LogP contribution in [0.2, 0.25) is 0 Å². The van der Waals surface area contributed by atoms with Crippen molar-refractivity contribution in [3.05, 3.63) is 89.0 Å². The van der Waals surface area contributed by atoms with E-state index in [9.17, 15) is 18.0 Å². The molecule has 2 amide bonds. The smallest absolute Gasteiger partial charge is 0.255 e. The summed E-state index contributed by atoms with van der Waals surface area (Å²) in [5.41, 5.74) is 3.19. The van der Waals surface area contributed by atoms with Gasteiger partial charge in [-0.15, -0.1) is 0 Å². The number of rotatable bonds is 6. The Morgan fingerprint density at radius 3 is 1.97 bits per heavy atom. The predicted octanol–water partition coefficient (Wildman–Crippen LogP) is 4.98. The molecule has 0 saturated carbocycles. The number of nitrogens with one attached hydrogen (secondary N) is 2. The third kappa shape index (κ3) is 5.44. The average molecular weight is 492 g/mol.